The molecule has 2 unspecified atom stereocenters. The van der Waals surface area contributed by atoms with Gasteiger partial charge in [0, 0.05) is 48.5 Å². The molecular formula is C42H53N5O7S. The van der Waals surface area contributed by atoms with E-state index in [1.165, 1.54) is 44.1 Å². The van der Waals surface area contributed by atoms with E-state index in [9.17, 15) is 24.3 Å². The molecule has 0 spiro atoms. The minimum Gasteiger partial charge on any atom is -0.494 e. The van der Waals surface area contributed by atoms with Crippen LogP contribution in [0.5, 0.6) is 5.75 Å². The normalized spacial score (nSPS) is 12.4. The third kappa shape index (κ3) is 13.6. The number of carboxylic acids is 1. The van der Waals surface area contributed by atoms with Crippen LogP contribution < -0.4 is 20.7 Å². The Hall–Kier alpha value is -5.14. The maximum atomic E-state index is 13.7. The molecule has 0 saturated carbocycles. The SMILES string of the molecule is CCCCCCCOc1ccc(-c2cnc(-c3ccc(CC(NC(=O)c4ccc(C(C)(C)C)s4)C(=O)NC(CC(=O)O)C(=O)NCCOC)cc3)nc2)cc1. The highest BCUT2D eigenvalue weighted by atomic mass is 32.1. The molecule has 55 heavy (non-hydrogen) atoms. The molecule has 0 radical (unpaired) electrons. The summed E-state index contributed by atoms with van der Waals surface area (Å²) < 4.78 is 10.8. The summed E-state index contributed by atoms with van der Waals surface area (Å²) in [6, 6.07) is 16.3. The highest BCUT2D eigenvalue weighted by molar-refractivity contribution is 7.14. The molecule has 294 valence electrons. The standard InChI is InChI=1S/C42H53N5O7S/c1-6-7-8-9-10-22-54-32-17-15-29(16-18-32)31-26-44-38(45-27-31)30-13-11-28(12-14-30)24-33(47-41(52)35-19-20-36(55-35)42(2,3)4)40(51)46-34(25-37(48)49)39(50)43-21-23-53-5/h11-20,26-27,33-34H,6-10,21-25H2,1-5H3,(H,43,50)(H,46,51)(H,47,52)(H,48,49). The molecule has 0 aliphatic heterocycles. The number of hydrogen-bond donors (Lipinski definition) is 4. The number of methoxy groups -OCH3 is 1. The fourth-order valence-corrected chi connectivity index (χ4v) is 6.62. The van der Waals surface area contributed by atoms with E-state index in [1.54, 1.807) is 18.5 Å². The summed E-state index contributed by atoms with van der Waals surface area (Å²) in [7, 11) is 1.47. The summed E-state index contributed by atoms with van der Waals surface area (Å²) in [6.07, 6.45) is 8.91. The van der Waals surface area contributed by atoms with E-state index in [2.05, 4.69) is 32.8 Å². The second-order valence-electron chi connectivity index (χ2n) is 14.4. The van der Waals surface area contributed by atoms with E-state index < -0.39 is 42.2 Å². The molecular weight excluding hydrogens is 719 g/mol. The minimum atomic E-state index is -1.37. The van der Waals surface area contributed by atoms with Crippen molar-refractivity contribution < 1.29 is 33.8 Å². The van der Waals surface area contributed by atoms with Gasteiger partial charge in [-0.05, 0) is 47.2 Å². The molecule has 4 rings (SSSR count). The summed E-state index contributed by atoms with van der Waals surface area (Å²) in [4.78, 5) is 62.2. The molecule has 12 nitrogen and oxygen atoms in total. The zero-order chi connectivity index (χ0) is 39.8. The van der Waals surface area contributed by atoms with Crippen LogP contribution in [0.3, 0.4) is 0 Å². The molecule has 4 aromatic rings. The van der Waals surface area contributed by atoms with Gasteiger partial charge in [0.2, 0.25) is 11.8 Å². The van der Waals surface area contributed by atoms with Crippen LogP contribution in [-0.2, 0) is 31.0 Å². The lowest BCUT2D eigenvalue weighted by Gasteiger charge is -2.22. The number of aliphatic carboxylic acids is 1. The van der Waals surface area contributed by atoms with E-state index in [4.69, 9.17) is 9.47 Å². The van der Waals surface area contributed by atoms with Gasteiger partial charge in [-0.15, -0.1) is 11.3 Å². The van der Waals surface area contributed by atoms with Crippen molar-refractivity contribution in [3.63, 3.8) is 0 Å². The van der Waals surface area contributed by atoms with Crippen LogP contribution >= 0.6 is 11.3 Å². The highest BCUT2D eigenvalue weighted by Crippen LogP contribution is 2.29. The molecule has 2 heterocycles. The molecule has 0 aliphatic carbocycles. The molecule has 2 aromatic heterocycles. The Bertz CT molecular complexity index is 1840. The zero-order valence-corrected chi connectivity index (χ0v) is 33.2. The van der Waals surface area contributed by atoms with Gasteiger partial charge in [0.1, 0.15) is 17.8 Å². The average molecular weight is 772 g/mol. The molecule has 0 fully saturated rings. The molecule has 2 aromatic carbocycles. The average Bonchev–Trinajstić information content (AvgIpc) is 3.68. The molecule has 0 bridgehead atoms. The van der Waals surface area contributed by atoms with Crippen LogP contribution in [0.2, 0.25) is 0 Å². The quantitative estimate of drug-likeness (QED) is 0.0684. The molecule has 0 aliphatic rings. The van der Waals surface area contributed by atoms with Crippen molar-refractivity contribution in [1.82, 2.24) is 25.9 Å². The number of carbonyl (C=O) groups excluding carboxylic acids is 3. The number of amides is 3. The lowest BCUT2D eigenvalue weighted by molar-refractivity contribution is -0.140. The number of benzene rings is 2. The first kappa shape index (κ1) is 42.6. The maximum absolute atomic E-state index is 13.7. The third-order valence-electron chi connectivity index (χ3n) is 8.82. The van der Waals surface area contributed by atoms with E-state index in [-0.39, 0.29) is 25.0 Å². The molecule has 4 N–H and O–H groups in total. The number of aromatic nitrogens is 2. The number of nitrogens with one attached hydrogen (secondary N) is 3. The lowest BCUT2D eigenvalue weighted by Crippen LogP contribution is -2.55. The van der Waals surface area contributed by atoms with E-state index >= 15 is 0 Å². The lowest BCUT2D eigenvalue weighted by atomic mass is 9.95. The number of carbonyl (C=O) groups is 4. The Balaban J connectivity index is 1.45. The first-order valence-corrected chi connectivity index (χ1v) is 19.5. The largest absolute Gasteiger partial charge is 0.494 e. The Morgan fingerprint density at radius 3 is 2.07 bits per heavy atom. The Morgan fingerprint density at radius 1 is 0.782 bits per heavy atom. The fourth-order valence-electron chi connectivity index (χ4n) is 5.65. The van der Waals surface area contributed by atoms with Crippen molar-refractivity contribution >= 4 is 35.0 Å². The summed E-state index contributed by atoms with van der Waals surface area (Å²) in [6.45, 7) is 9.40. The number of nitrogens with zero attached hydrogens (tertiary/aromatic N) is 2. The van der Waals surface area contributed by atoms with Crippen molar-refractivity contribution in [3.05, 3.63) is 88.4 Å². The van der Waals surface area contributed by atoms with Gasteiger partial charge in [-0.25, -0.2) is 9.97 Å². The Morgan fingerprint density at radius 2 is 1.45 bits per heavy atom. The predicted octanol–water partition coefficient (Wildman–Crippen LogP) is 6.58. The van der Waals surface area contributed by atoms with Crippen LogP contribution in [0.4, 0.5) is 0 Å². The van der Waals surface area contributed by atoms with E-state index in [1.807, 2.05) is 75.4 Å². The van der Waals surface area contributed by atoms with Gasteiger partial charge in [0.25, 0.3) is 5.91 Å². The number of hydrogen-bond acceptors (Lipinski definition) is 9. The smallest absolute Gasteiger partial charge is 0.305 e. The van der Waals surface area contributed by atoms with Gasteiger partial charge in [-0.1, -0.05) is 89.8 Å². The van der Waals surface area contributed by atoms with Crippen molar-refractivity contribution in [3.8, 4) is 28.3 Å². The summed E-state index contributed by atoms with van der Waals surface area (Å²) in [5.41, 5.74) is 3.14. The van der Waals surface area contributed by atoms with Crippen molar-refractivity contribution in [2.75, 3.05) is 26.9 Å². The van der Waals surface area contributed by atoms with Crippen molar-refractivity contribution in [2.24, 2.45) is 0 Å². The fraction of sp³-hybridized carbons (Fsp3) is 0.429. The first-order valence-electron chi connectivity index (χ1n) is 18.7. The molecule has 3 amide bonds. The first-order chi connectivity index (χ1) is 26.4. The molecule has 0 saturated heterocycles. The third-order valence-corrected chi connectivity index (χ3v) is 10.3. The van der Waals surface area contributed by atoms with Gasteiger partial charge in [0.15, 0.2) is 5.82 Å². The summed E-state index contributed by atoms with van der Waals surface area (Å²) in [5.74, 6) is -1.73. The van der Waals surface area contributed by atoms with Crippen molar-refractivity contribution in [1.29, 1.82) is 0 Å². The van der Waals surface area contributed by atoms with Crippen LogP contribution in [0.25, 0.3) is 22.5 Å². The van der Waals surface area contributed by atoms with Gasteiger partial charge < -0.3 is 30.5 Å². The van der Waals surface area contributed by atoms with Crippen LogP contribution in [0, 0.1) is 0 Å². The van der Waals surface area contributed by atoms with Crippen LogP contribution in [0.15, 0.2) is 73.1 Å². The summed E-state index contributed by atoms with van der Waals surface area (Å²) in [5, 5.41) is 17.4. The second-order valence-corrected chi connectivity index (χ2v) is 15.5. The molecule has 2 atom stereocenters. The Kier molecular flexibility index (Phi) is 16.3. The van der Waals surface area contributed by atoms with E-state index in [0.29, 0.717) is 22.9 Å². The second kappa shape index (κ2) is 21.1. The molecule has 13 heteroatoms. The van der Waals surface area contributed by atoms with Gasteiger partial charge in [-0.2, -0.15) is 0 Å². The van der Waals surface area contributed by atoms with Gasteiger partial charge in [-0.3, -0.25) is 19.2 Å². The van der Waals surface area contributed by atoms with Gasteiger partial charge >= 0.3 is 5.97 Å². The maximum Gasteiger partial charge on any atom is 0.305 e. The van der Waals surface area contributed by atoms with Gasteiger partial charge in [0.05, 0.1) is 24.5 Å². The number of unbranched alkanes of at least 4 members (excludes halogenated alkanes) is 4. The van der Waals surface area contributed by atoms with Crippen LogP contribution in [-0.4, -0.2) is 77.7 Å². The minimum absolute atomic E-state index is 0.0683. The number of rotatable bonds is 21. The number of ether oxygens (including phenoxy) is 2. The number of carboxylic acid groups (broad SMARTS) is 1. The predicted molar refractivity (Wildman–Crippen MR) is 214 cm³/mol. The van der Waals surface area contributed by atoms with Crippen molar-refractivity contribution in [2.45, 2.75) is 90.1 Å². The zero-order valence-electron chi connectivity index (χ0n) is 32.4. The number of thiophene rings is 1. The highest BCUT2D eigenvalue weighted by Gasteiger charge is 2.29. The van der Waals surface area contributed by atoms with Crippen LogP contribution in [0.1, 0.15) is 86.3 Å². The monoisotopic (exact) mass is 771 g/mol. The summed E-state index contributed by atoms with van der Waals surface area (Å²) >= 11 is 1.33. The topological polar surface area (TPSA) is 169 Å². The van der Waals surface area contributed by atoms with E-state index in [0.717, 1.165) is 33.7 Å². The Labute approximate surface area is 327 Å².